The Morgan fingerprint density at radius 1 is 1.44 bits per heavy atom. The molecule has 0 bridgehead atoms. The van der Waals surface area contributed by atoms with Crippen molar-refractivity contribution in [2.45, 2.75) is 18.4 Å². The molecule has 3 nitrogen and oxygen atoms in total. The fraction of sp³-hybridized carbons (Fsp3) is 0.462. The van der Waals surface area contributed by atoms with Crippen molar-refractivity contribution in [3.8, 4) is 0 Å². The Kier molecular flexibility index (Phi) is 6.28. The van der Waals surface area contributed by atoms with E-state index in [2.05, 4.69) is 53.6 Å². The van der Waals surface area contributed by atoms with Gasteiger partial charge < -0.3 is 10.2 Å². The van der Waals surface area contributed by atoms with Crippen LogP contribution in [0.4, 0.5) is 0 Å². The highest BCUT2D eigenvalue weighted by Crippen LogP contribution is 2.21. The van der Waals surface area contributed by atoms with Crippen molar-refractivity contribution in [3.63, 3.8) is 0 Å². The van der Waals surface area contributed by atoms with Crippen molar-refractivity contribution >= 4 is 41.7 Å². The van der Waals surface area contributed by atoms with Gasteiger partial charge in [0.1, 0.15) is 0 Å². The molecule has 18 heavy (non-hydrogen) atoms. The maximum atomic E-state index is 4.43. The normalized spacial score (nSPS) is 14.2. The molecule has 1 aromatic rings. The van der Waals surface area contributed by atoms with Crippen molar-refractivity contribution in [3.05, 3.63) is 29.3 Å². The van der Waals surface area contributed by atoms with Gasteiger partial charge in [0.25, 0.3) is 0 Å². The van der Waals surface area contributed by atoms with Crippen LogP contribution >= 0.6 is 35.7 Å². The van der Waals surface area contributed by atoms with Crippen molar-refractivity contribution in [2.75, 3.05) is 26.4 Å². The Morgan fingerprint density at radius 3 is 2.83 bits per heavy atom. The highest BCUT2D eigenvalue weighted by atomic mass is 127. The van der Waals surface area contributed by atoms with Gasteiger partial charge in [-0.3, -0.25) is 4.99 Å². The summed E-state index contributed by atoms with van der Waals surface area (Å²) < 4.78 is 0. The SMILES string of the molecule is CSc1cc(C)ccc1CNC1=NCCN1C.I. The fourth-order valence-corrected chi connectivity index (χ4v) is 2.60. The summed E-state index contributed by atoms with van der Waals surface area (Å²) in [6.45, 7) is 4.90. The van der Waals surface area contributed by atoms with Gasteiger partial charge >= 0.3 is 0 Å². The van der Waals surface area contributed by atoms with Crippen molar-refractivity contribution in [1.29, 1.82) is 0 Å². The van der Waals surface area contributed by atoms with Crippen molar-refractivity contribution < 1.29 is 0 Å². The summed E-state index contributed by atoms with van der Waals surface area (Å²) in [5.41, 5.74) is 2.65. The van der Waals surface area contributed by atoms with E-state index in [0.29, 0.717) is 0 Å². The molecule has 0 saturated carbocycles. The van der Waals surface area contributed by atoms with Gasteiger partial charge in [-0.25, -0.2) is 0 Å². The molecule has 1 aliphatic rings. The second-order valence-corrected chi connectivity index (χ2v) is 5.14. The molecule has 0 spiro atoms. The maximum absolute atomic E-state index is 4.43. The number of nitrogens with one attached hydrogen (secondary N) is 1. The molecule has 0 saturated heterocycles. The summed E-state index contributed by atoms with van der Waals surface area (Å²) in [4.78, 5) is 7.94. The largest absolute Gasteiger partial charge is 0.352 e. The van der Waals surface area contributed by atoms with E-state index in [9.17, 15) is 0 Å². The van der Waals surface area contributed by atoms with E-state index in [1.165, 1.54) is 16.0 Å². The third kappa shape index (κ3) is 3.78. The molecule has 100 valence electrons. The monoisotopic (exact) mass is 377 g/mol. The Hall–Kier alpha value is -0.430. The van der Waals surface area contributed by atoms with Crippen LogP contribution in [0.3, 0.4) is 0 Å². The van der Waals surface area contributed by atoms with Gasteiger partial charge in [-0.05, 0) is 30.4 Å². The summed E-state index contributed by atoms with van der Waals surface area (Å²) >= 11 is 1.80. The van der Waals surface area contributed by atoms with Crippen LogP contribution in [0.5, 0.6) is 0 Å². The standard InChI is InChI=1S/C13H19N3S.HI/c1-10-4-5-11(12(8-10)17-3)9-15-13-14-6-7-16(13)2;/h4-5,8H,6-7,9H2,1-3H3,(H,14,15);1H. The summed E-state index contributed by atoms with van der Waals surface area (Å²) in [5, 5.41) is 3.40. The molecule has 0 fully saturated rings. The van der Waals surface area contributed by atoms with E-state index in [-0.39, 0.29) is 24.0 Å². The van der Waals surface area contributed by atoms with Crippen molar-refractivity contribution in [1.82, 2.24) is 10.2 Å². The first-order valence-corrected chi connectivity index (χ1v) is 7.06. The lowest BCUT2D eigenvalue weighted by Crippen LogP contribution is -2.35. The van der Waals surface area contributed by atoms with Crippen LogP contribution in [0.25, 0.3) is 0 Å². The first kappa shape index (κ1) is 15.6. The minimum atomic E-state index is 0. The second-order valence-electron chi connectivity index (χ2n) is 4.30. The van der Waals surface area contributed by atoms with E-state index in [0.717, 1.165) is 25.6 Å². The van der Waals surface area contributed by atoms with Crippen LogP contribution in [0.15, 0.2) is 28.1 Å². The van der Waals surface area contributed by atoms with Gasteiger partial charge in [-0.15, -0.1) is 35.7 Å². The number of hydrogen-bond donors (Lipinski definition) is 1. The van der Waals surface area contributed by atoms with Crippen LogP contribution < -0.4 is 5.32 Å². The van der Waals surface area contributed by atoms with Gasteiger partial charge in [-0.2, -0.15) is 0 Å². The van der Waals surface area contributed by atoms with Crippen LogP contribution in [0.1, 0.15) is 11.1 Å². The van der Waals surface area contributed by atoms with E-state index < -0.39 is 0 Å². The molecule has 1 N–H and O–H groups in total. The highest BCUT2D eigenvalue weighted by molar-refractivity contribution is 14.0. The molecule has 0 radical (unpaired) electrons. The average molecular weight is 377 g/mol. The lowest BCUT2D eigenvalue weighted by atomic mass is 10.1. The number of hydrogen-bond acceptors (Lipinski definition) is 4. The Balaban J connectivity index is 0.00000162. The first-order chi connectivity index (χ1) is 8.20. The highest BCUT2D eigenvalue weighted by Gasteiger charge is 2.12. The maximum Gasteiger partial charge on any atom is 0.194 e. The van der Waals surface area contributed by atoms with Gasteiger partial charge in [0, 0.05) is 25.0 Å². The molecular weight excluding hydrogens is 357 g/mol. The Morgan fingerprint density at radius 2 is 2.22 bits per heavy atom. The van der Waals surface area contributed by atoms with Gasteiger partial charge in [0.05, 0.1) is 6.54 Å². The molecule has 0 aromatic heterocycles. The molecule has 0 unspecified atom stereocenters. The molecule has 1 heterocycles. The number of rotatable bonds is 3. The minimum Gasteiger partial charge on any atom is -0.352 e. The van der Waals surface area contributed by atoms with Crippen LogP contribution in [-0.2, 0) is 6.54 Å². The number of aryl methyl sites for hydroxylation is 1. The van der Waals surface area contributed by atoms with E-state index in [4.69, 9.17) is 0 Å². The summed E-state index contributed by atoms with van der Waals surface area (Å²) in [5.74, 6) is 1.01. The molecule has 0 amide bonds. The zero-order valence-corrected chi connectivity index (χ0v) is 14.2. The molecule has 0 atom stereocenters. The van der Waals surface area contributed by atoms with Crippen LogP contribution in [-0.4, -0.2) is 37.3 Å². The van der Waals surface area contributed by atoms with Crippen molar-refractivity contribution in [2.24, 2.45) is 4.99 Å². The van der Waals surface area contributed by atoms with Crippen LogP contribution in [0.2, 0.25) is 0 Å². The number of nitrogens with zero attached hydrogens (tertiary/aromatic N) is 2. The second kappa shape index (κ2) is 7.23. The average Bonchev–Trinajstić information content (AvgIpc) is 2.73. The number of halogens is 1. The molecule has 0 aliphatic carbocycles. The summed E-state index contributed by atoms with van der Waals surface area (Å²) in [6.07, 6.45) is 2.12. The number of aliphatic imine (C=N–C) groups is 1. The van der Waals surface area contributed by atoms with E-state index >= 15 is 0 Å². The molecular formula is C13H20IN3S. The van der Waals surface area contributed by atoms with Crippen LogP contribution in [0, 0.1) is 6.92 Å². The van der Waals surface area contributed by atoms with Gasteiger partial charge in [0.2, 0.25) is 0 Å². The Bertz CT molecular complexity index is 434. The van der Waals surface area contributed by atoms with E-state index in [1.54, 1.807) is 11.8 Å². The predicted molar refractivity (Wildman–Crippen MR) is 90.1 cm³/mol. The number of benzene rings is 1. The fourth-order valence-electron chi connectivity index (χ4n) is 1.90. The smallest absolute Gasteiger partial charge is 0.194 e. The third-order valence-electron chi connectivity index (χ3n) is 2.94. The first-order valence-electron chi connectivity index (χ1n) is 5.83. The quantitative estimate of drug-likeness (QED) is 0.649. The van der Waals surface area contributed by atoms with E-state index in [1.807, 2.05) is 0 Å². The molecule has 5 heteroatoms. The molecule has 1 aromatic carbocycles. The number of thioether (sulfide) groups is 1. The lowest BCUT2D eigenvalue weighted by Gasteiger charge is -2.16. The summed E-state index contributed by atoms with van der Waals surface area (Å²) in [7, 11) is 2.07. The number of likely N-dealkylation sites (N-methyl/N-ethyl adjacent to an activating group) is 1. The minimum absolute atomic E-state index is 0. The third-order valence-corrected chi connectivity index (χ3v) is 3.76. The lowest BCUT2D eigenvalue weighted by molar-refractivity contribution is 0.533. The van der Waals surface area contributed by atoms with Gasteiger partial charge in [0.15, 0.2) is 5.96 Å². The Labute approximate surface area is 130 Å². The number of guanidine groups is 1. The molecule has 2 rings (SSSR count). The summed E-state index contributed by atoms with van der Waals surface area (Å²) in [6, 6.07) is 6.60. The zero-order valence-electron chi connectivity index (χ0n) is 11.1. The molecule has 1 aliphatic heterocycles. The topological polar surface area (TPSA) is 27.6 Å². The zero-order chi connectivity index (χ0) is 12.3. The predicted octanol–water partition coefficient (Wildman–Crippen LogP) is 2.73. The van der Waals surface area contributed by atoms with Gasteiger partial charge in [-0.1, -0.05) is 12.1 Å².